The third-order valence-corrected chi connectivity index (χ3v) is 3.82. The van der Waals surface area contributed by atoms with Crippen LogP contribution in [0.1, 0.15) is 44.7 Å². The largest absolute Gasteiger partial charge is 0.312 e. The molecule has 1 amide bonds. The SMILES string of the molecule is CC(C)CC(=O)N1CCCc2cc(CC(C)Cl)ccc21. The quantitative estimate of drug-likeness (QED) is 0.763. The summed E-state index contributed by atoms with van der Waals surface area (Å²) in [4.78, 5) is 14.3. The van der Waals surface area contributed by atoms with Crippen molar-refractivity contribution in [1.29, 1.82) is 0 Å². The highest BCUT2D eigenvalue weighted by molar-refractivity contribution is 6.20. The fourth-order valence-electron chi connectivity index (χ4n) is 2.82. The van der Waals surface area contributed by atoms with Crippen LogP contribution in [0.5, 0.6) is 0 Å². The van der Waals surface area contributed by atoms with Crippen LogP contribution in [0.3, 0.4) is 0 Å². The number of fused-ring (bicyclic) bond motifs is 1. The molecule has 0 N–H and O–H groups in total. The molecular formula is C17H24ClNO. The molecule has 1 heterocycles. The van der Waals surface area contributed by atoms with Crippen molar-refractivity contribution in [2.45, 2.75) is 51.8 Å². The summed E-state index contributed by atoms with van der Waals surface area (Å²) in [6.45, 7) is 7.05. The first-order valence-corrected chi connectivity index (χ1v) is 7.97. The molecule has 1 aliphatic rings. The molecule has 0 saturated heterocycles. The van der Waals surface area contributed by atoms with E-state index >= 15 is 0 Å². The summed E-state index contributed by atoms with van der Waals surface area (Å²) in [5.74, 6) is 0.656. The van der Waals surface area contributed by atoms with E-state index in [-0.39, 0.29) is 11.3 Å². The topological polar surface area (TPSA) is 20.3 Å². The summed E-state index contributed by atoms with van der Waals surface area (Å²) in [5.41, 5.74) is 3.67. The van der Waals surface area contributed by atoms with Gasteiger partial charge in [0, 0.05) is 24.0 Å². The molecule has 2 rings (SSSR count). The summed E-state index contributed by atoms with van der Waals surface area (Å²) in [6, 6.07) is 6.43. The third-order valence-electron chi connectivity index (χ3n) is 3.66. The van der Waals surface area contributed by atoms with Gasteiger partial charge in [0.05, 0.1) is 0 Å². The summed E-state index contributed by atoms with van der Waals surface area (Å²) >= 11 is 6.07. The standard InChI is InChI=1S/C17H24ClNO/c1-12(2)9-17(20)19-8-4-5-15-11-14(10-13(3)18)6-7-16(15)19/h6-7,11-13H,4-5,8-10H2,1-3H3. The molecule has 3 heteroatoms. The number of carbonyl (C=O) groups is 1. The number of hydrogen-bond acceptors (Lipinski definition) is 1. The van der Waals surface area contributed by atoms with E-state index in [0.717, 1.165) is 31.5 Å². The predicted molar refractivity (Wildman–Crippen MR) is 85.6 cm³/mol. The highest BCUT2D eigenvalue weighted by Gasteiger charge is 2.23. The van der Waals surface area contributed by atoms with Crippen molar-refractivity contribution in [2.24, 2.45) is 5.92 Å². The second kappa shape index (κ2) is 6.62. The molecule has 0 saturated carbocycles. The van der Waals surface area contributed by atoms with Gasteiger partial charge >= 0.3 is 0 Å². The minimum Gasteiger partial charge on any atom is -0.312 e. The molecule has 0 aromatic heterocycles. The summed E-state index contributed by atoms with van der Waals surface area (Å²) in [7, 11) is 0. The van der Waals surface area contributed by atoms with Crippen molar-refractivity contribution >= 4 is 23.2 Å². The lowest BCUT2D eigenvalue weighted by Gasteiger charge is -2.30. The van der Waals surface area contributed by atoms with Gasteiger partial charge in [0.2, 0.25) is 5.91 Å². The number of aryl methyl sites for hydroxylation is 1. The molecule has 0 aliphatic carbocycles. The van der Waals surface area contributed by atoms with Crippen molar-refractivity contribution in [2.75, 3.05) is 11.4 Å². The summed E-state index contributed by atoms with van der Waals surface area (Å²) < 4.78 is 0. The van der Waals surface area contributed by atoms with Crippen molar-refractivity contribution in [1.82, 2.24) is 0 Å². The monoisotopic (exact) mass is 293 g/mol. The van der Waals surface area contributed by atoms with Crippen molar-refractivity contribution in [3.63, 3.8) is 0 Å². The lowest BCUT2D eigenvalue weighted by molar-refractivity contribution is -0.119. The Labute approximate surface area is 127 Å². The zero-order chi connectivity index (χ0) is 14.7. The number of alkyl halides is 1. The molecular weight excluding hydrogens is 270 g/mol. The van der Waals surface area contributed by atoms with E-state index in [4.69, 9.17) is 11.6 Å². The molecule has 2 nitrogen and oxygen atoms in total. The molecule has 0 spiro atoms. The zero-order valence-corrected chi connectivity index (χ0v) is 13.4. The van der Waals surface area contributed by atoms with Gasteiger partial charge < -0.3 is 4.90 Å². The number of halogens is 1. The molecule has 0 radical (unpaired) electrons. The number of benzene rings is 1. The van der Waals surface area contributed by atoms with Crippen LogP contribution >= 0.6 is 11.6 Å². The minimum atomic E-state index is 0.148. The van der Waals surface area contributed by atoms with E-state index in [2.05, 4.69) is 32.0 Å². The molecule has 20 heavy (non-hydrogen) atoms. The molecule has 110 valence electrons. The van der Waals surface area contributed by atoms with Crippen LogP contribution in [0, 0.1) is 5.92 Å². The van der Waals surface area contributed by atoms with Gasteiger partial charge in [0.25, 0.3) is 0 Å². The van der Waals surface area contributed by atoms with Gasteiger partial charge in [0.15, 0.2) is 0 Å². The number of carbonyl (C=O) groups excluding carboxylic acids is 1. The number of amides is 1. The van der Waals surface area contributed by atoms with Crippen LogP contribution in [-0.2, 0) is 17.6 Å². The first kappa shape index (κ1) is 15.4. The Morgan fingerprint density at radius 2 is 2.10 bits per heavy atom. The summed E-state index contributed by atoms with van der Waals surface area (Å²) in [6.07, 6.45) is 3.62. The predicted octanol–water partition coefficient (Wildman–Crippen LogP) is 4.18. The van der Waals surface area contributed by atoms with Crippen LogP contribution in [0.2, 0.25) is 0 Å². The van der Waals surface area contributed by atoms with Crippen LogP contribution < -0.4 is 4.90 Å². The van der Waals surface area contributed by atoms with E-state index in [9.17, 15) is 4.79 Å². The highest BCUT2D eigenvalue weighted by Crippen LogP contribution is 2.29. The average molecular weight is 294 g/mol. The van der Waals surface area contributed by atoms with Crippen LogP contribution in [0.25, 0.3) is 0 Å². The molecule has 1 aromatic carbocycles. The Hall–Kier alpha value is -1.02. The van der Waals surface area contributed by atoms with Gasteiger partial charge in [-0.25, -0.2) is 0 Å². The Balaban J connectivity index is 2.21. The molecule has 1 aliphatic heterocycles. The minimum absolute atomic E-state index is 0.148. The first-order valence-electron chi connectivity index (χ1n) is 7.53. The Morgan fingerprint density at radius 1 is 1.35 bits per heavy atom. The van der Waals surface area contributed by atoms with E-state index in [1.54, 1.807) is 0 Å². The second-order valence-electron chi connectivity index (χ2n) is 6.19. The lowest BCUT2D eigenvalue weighted by atomic mass is 9.97. The zero-order valence-electron chi connectivity index (χ0n) is 12.7. The van der Waals surface area contributed by atoms with Crippen LogP contribution in [0.15, 0.2) is 18.2 Å². The van der Waals surface area contributed by atoms with Gasteiger partial charge in [-0.3, -0.25) is 4.79 Å². The van der Waals surface area contributed by atoms with E-state index in [0.29, 0.717) is 12.3 Å². The maximum atomic E-state index is 12.3. The Bertz CT molecular complexity index is 482. The van der Waals surface area contributed by atoms with Gasteiger partial charge in [-0.15, -0.1) is 11.6 Å². The molecule has 0 bridgehead atoms. The Kier molecular flexibility index (Phi) is 5.09. The van der Waals surface area contributed by atoms with E-state index < -0.39 is 0 Å². The molecule has 1 atom stereocenters. The Morgan fingerprint density at radius 3 is 2.75 bits per heavy atom. The first-order chi connectivity index (χ1) is 9.47. The van der Waals surface area contributed by atoms with Gasteiger partial charge in [-0.1, -0.05) is 26.0 Å². The second-order valence-corrected chi connectivity index (χ2v) is 6.94. The van der Waals surface area contributed by atoms with Crippen LogP contribution in [0.4, 0.5) is 5.69 Å². The van der Waals surface area contributed by atoms with Crippen LogP contribution in [-0.4, -0.2) is 17.8 Å². The number of nitrogens with zero attached hydrogens (tertiary/aromatic N) is 1. The number of rotatable bonds is 4. The lowest BCUT2D eigenvalue weighted by Crippen LogP contribution is -2.36. The highest BCUT2D eigenvalue weighted by atomic mass is 35.5. The van der Waals surface area contributed by atoms with Gasteiger partial charge in [0.1, 0.15) is 0 Å². The van der Waals surface area contributed by atoms with Gasteiger partial charge in [-0.2, -0.15) is 0 Å². The fraction of sp³-hybridized carbons (Fsp3) is 0.588. The maximum absolute atomic E-state index is 12.3. The number of anilines is 1. The smallest absolute Gasteiger partial charge is 0.227 e. The van der Waals surface area contributed by atoms with E-state index in [1.165, 1.54) is 11.1 Å². The van der Waals surface area contributed by atoms with Crippen molar-refractivity contribution in [3.05, 3.63) is 29.3 Å². The van der Waals surface area contributed by atoms with Gasteiger partial charge in [-0.05, 0) is 49.3 Å². The fourth-order valence-corrected chi connectivity index (χ4v) is 3.00. The summed E-state index contributed by atoms with van der Waals surface area (Å²) in [5, 5.41) is 0.148. The molecule has 1 unspecified atom stereocenters. The normalized spacial score (nSPS) is 16.1. The van der Waals surface area contributed by atoms with Crippen molar-refractivity contribution in [3.8, 4) is 0 Å². The third kappa shape index (κ3) is 3.76. The number of hydrogen-bond donors (Lipinski definition) is 0. The maximum Gasteiger partial charge on any atom is 0.227 e. The van der Waals surface area contributed by atoms with Crippen molar-refractivity contribution < 1.29 is 4.79 Å². The molecule has 0 fully saturated rings. The molecule has 1 aromatic rings. The average Bonchev–Trinajstić information content (AvgIpc) is 2.36. The van der Waals surface area contributed by atoms with E-state index in [1.807, 2.05) is 11.8 Å².